The van der Waals surface area contributed by atoms with Crippen LogP contribution in [0, 0.1) is 12.3 Å². The smallest absolute Gasteiger partial charge is 0.192 e. The van der Waals surface area contributed by atoms with Crippen LogP contribution in [0.25, 0.3) is 11.1 Å². The Labute approximate surface area is 105 Å². The van der Waals surface area contributed by atoms with Gasteiger partial charge in [-0.1, -0.05) is 6.07 Å². The number of ether oxygens (including phenoxy) is 1. The summed E-state index contributed by atoms with van der Waals surface area (Å²) in [7, 11) is 0. The van der Waals surface area contributed by atoms with Crippen molar-refractivity contribution in [3.05, 3.63) is 29.7 Å². The highest BCUT2D eigenvalue weighted by Gasteiger charge is 2.44. The first-order valence-corrected chi connectivity index (χ1v) is 5.96. The van der Waals surface area contributed by atoms with E-state index in [0.29, 0.717) is 19.1 Å². The van der Waals surface area contributed by atoms with Crippen molar-refractivity contribution in [3.63, 3.8) is 0 Å². The number of benzene rings is 1. The van der Waals surface area contributed by atoms with Crippen LogP contribution >= 0.6 is 0 Å². The Morgan fingerprint density at radius 2 is 2.28 bits per heavy atom. The molecule has 1 aliphatic heterocycles. The standard InChI is InChI=1S/C13H16N2O3/c1-8-15-10-4-9(2-3-11(10)18-8)12(14)13(5-16)6-17-7-13/h2-4,12,16H,5-7,14H2,1H3. The van der Waals surface area contributed by atoms with E-state index in [1.54, 1.807) is 0 Å². The van der Waals surface area contributed by atoms with Crippen LogP contribution in [-0.2, 0) is 4.74 Å². The summed E-state index contributed by atoms with van der Waals surface area (Å²) in [6.07, 6.45) is 0. The maximum atomic E-state index is 9.49. The first kappa shape index (κ1) is 11.6. The summed E-state index contributed by atoms with van der Waals surface area (Å²) in [5.74, 6) is 0.638. The van der Waals surface area contributed by atoms with Crippen molar-refractivity contribution in [2.45, 2.75) is 13.0 Å². The van der Waals surface area contributed by atoms with Crippen LogP contribution in [0.15, 0.2) is 22.6 Å². The first-order chi connectivity index (χ1) is 8.64. The summed E-state index contributed by atoms with van der Waals surface area (Å²) in [5.41, 5.74) is 8.40. The van der Waals surface area contributed by atoms with Gasteiger partial charge in [-0.15, -0.1) is 0 Å². The molecule has 1 aromatic heterocycles. The van der Waals surface area contributed by atoms with Crippen LogP contribution in [0.2, 0.25) is 0 Å². The van der Waals surface area contributed by atoms with Gasteiger partial charge in [-0.2, -0.15) is 0 Å². The van der Waals surface area contributed by atoms with Crippen molar-refractivity contribution < 1.29 is 14.3 Å². The molecular weight excluding hydrogens is 232 g/mol. The number of oxazole rings is 1. The second kappa shape index (κ2) is 4.05. The minimum Gasteiger partial charge on any atom is -0.441 e. The predicted octanol–water partition coefficient (Wildman–Crippen LogP) is 1.14. The van der Waals surface area contributed by atoms with E-state index in [-0.39, 0.29) is 18.1 Å². The lowest BCUT2D eigenvalue weighted by atomic mass is 9.76. The van der Waals surface area contributed by atoms with Crippen molar-refractivity contribution in [2.75, 3.05) is 19.8 Å². The van der Waals surface area contributed by atoms with Gasteiger partial charge in [0.15, 0.2) is 11.5 Å². The van der Waals surface area contributed by atoms with E-state index in [1.165, 1.54) is 0 Å². The zero-order chi connectivity index (χ0) is 12.8. The maximum absolute atomic E-state index is 9.49. The lowest BCUT2D eigenvalue weighted by molar-refractivity contribution is -0.150. The lowest BCUT2D eigenvalue weighted by Crippen LogP contribution is -2.52. The number of aliphatic hydroxyl groups is 1. The summed E-state index contributed by atoms with van der Waals surface area (Å²) in [4.78, 5) is 4.29. The summed E-state index contributed by atoms with van der Waals surface area (Å²) in [6.45, 7) is 2.85. The number of aliphatic hydroxyl groups excluding tert-OH is 1. The molecule has 1 fully saturated rings. The molecule has 3 N–H and O–H groups in total. The zero-order valence-electron chi connectivity index (χ0n) is 10.2. The number of rotatable bonds is 3. The fourth-order valence-electron chi connectivity index (χ4n) is 2.34. The van der Waals surface area contributed by atoms with Gasteiger partial charge in [0.2, 0.25) is 0 Å². The van der Waals surface area contributed by atoms with Gasteiger partial charge < -0.3 is 20.0 Å². The molecule has 0 amide bonds. The Balaban J connectivity index is 1.98. The molecule has 0 saturated carbocycles. The van der Waals surface area contributed by atoms with Crippen molar-refractivity contribution in [3.8, 4) is 0 Å². The van der Waals surface area contributed by atoms with E-state index in [0.717, 1.165) is 16.7 Å². The van der Waals surface area contributed by atoms with Crippen LogP contribution < -0.4 is 5.73 Å². The van der Waals surface area contributed by atoms with E-state index >= 15 is 0 Å². The molecule has 1 aromatic carbocycles. The van der Waals surface area contributed by atoms with Crippen LogP contribution in [0.3, 0.4) is 0 Å². The average molecular weight is 248 g/mol. The number of aryl methyl sites for hydroxylation is 1. The SMILES string of the molecule is Cc1nc2cc(C(N)C3(CO)COC3)ccc2o1. The van der Waals surface area contributed by atoms with E-state index < -0.39 is 0 Å². The van der Waals surface area contributed by atoms with Gasteiger partial charge in [-0.05, 0) is 17.7 Å². The second-order valence-corrected chi connectivity index (χ2v) is 4.95. The van der Waals surface area contributed by atoms with Gasteiger partial charge in [0, 0.05) is 13.0 Å². The molecule has 2 aromatic rings. The zero-order valence-corrected chi connectivity index (χ0v) is 10.2. The van der Waals surface area contributed by atoms with Crippen molar-refractivity contribution in [2.24, 2.45) is 11.1 Å². The Bertz CT molecular complexity index is 569. The van der Waals surface area contributed by atoms with E-state index in [9.17, 15) is 5.11 Å². The molecule has 2 heterocycles. The highest BCUT2D eigenvalue weighted by molar-refractivity contribution is 5.73. The fraction of sp³-hybridized carbons (Fsp3) is 0.462. The number of hydrogen-bond donors (Lipinski definition) is 2. The Morgan fingerprint density at radius 3 is 2.89 bits per heavy atom. The molecule has 0 aliphatic carbocycles. The van der Waals surface area contributed by atoms with Gasteiger partial charge in [0.25, 0.3) is 0 Å². The van der Waals surface area contributed by atoms with Crippen molar-refractivity contribution in [1.29, 1.82) is 0 Å². The largest absolute Gasteiger partial charge is 0.441 e. The number of fused-ring (bicyclic) bond motifs is 1. The molecule has 3 rings (SSSR count). The van der Waals surface area contributed by atoms with Gasteiger partial charge in [0.1, 0.15) is 5.52 Å². The number of aromatic nitrogens is 1. The maximum Gasteiger partial charge on any atom is 0.192 e. The first-order valence-electron chi connectivity index (χ1n) is 5.96. The molecule has 1 aliphatic rings. The van der Waals surface area contributed by atoms with Crippen molar-refractivity contribution in [1.82, 2.24) is 4.98 Å². The monoisotopic (exact) mass is 248 g/mol. The van der Waals surface area contributed by atoms with Crippen molar-refractivity contribution >= 4 is 11.1 Å². The minimum atomic E-state index is -0.355. The highest BCUT2D eigenvalue weighted by Crippen LogP contribution is 2.39. The van der Waals surface area contributed by atoms with Crippen LogP contribution in [-0.4, -0.2) is 29.9 Å². The molecule has 18 heavy (non-hydrogen) atoms. The van der Waals surface area contributed by atoms with Crippen LogP contribution in [0.5, 0.6) is 0 Å². The van der Waals surface area contributed by atoms with E-state index in [4.69, 9.17) is 14.9 Å². The lowest BCUT2D eigenvalue weighted by Gasteiger charge is -2.44. The number of nitrogens with two attached hydrogens (primary N) is 1. The number of nitrogens with zero attached hydrogens (tertiary/aromatic N) is 1. The molecule has 1 saturated heterocycles. The quantitative estimate of drug-likeness (QED) is 0.851. The van der Waals surface area contributed by atoms with Gasteiger partial charge >= 0.3 is 0 Å². The van der Waals surface area contributed by atoms with Gasteiger partial charge in [-0.3, -0.25) is 0 Å². The predicted molar refractivity (Wildman–Crippen MR) is 66.0 cm³/mol. The fourth-order valence-corrected chi connectivity index (χ4v) is 2.34. The van der Waals surface area contributed by atoms with Gasteiger partial charge in [0.05, 0.1) is 25.2 Å². The summed E-state index contributed by atoms with van der Waals surface area (Å²) < 4.78 is 10.6. The molecule has 1 atom stereocenters. The third-order valence-corrected chi connectivity index (χ3v) is 3.63. The Kier molecular flexibility index (Phi) is 2.62. The molecule has 0 radical (unpaired) electrons. The summed E-state index contributed by atoms with van der Waals surface area (Å²) in [5, 5.41) is 9.49. The molecule has 0 spiro atoms. The highest BCUT2D eigenvalue weighted by atomic mass is 16.5. The summed E-state index contributed by atoms with van der Waals surface area (Å²) in [6, 6.07) is 5.46. The molecule has 96 valence electrons. The molecule has 0 bridgehead atoms. The third kappa shape index (κ3) is 1.63. The normalized spacial score (nSPS) is 19.7. The molecule has 5 nitrogen and oxygen atoms in total. The van der Waals surface area contributed by atoms with E-state index in [2.05, 4.69) is 4.98 Å². The molecular formula is C13H16N2O3. The molecule has 1 unspecified atom stereocenters. The van der Waals surface area contributed by atoms with Crippen LogP contribution in [0.1, 0.15) is 17.5 Å². The second-order valence-electron chi connectivity index (χ2n) is 4.95. The average Bonchev–Trinajstić information content (AvgIpc) is 2.67. The third-order valence-electron chi connectivity index (χ3n) is 3.63. The Morgan fingerprint density at radius 1 is 1.50 bits per heavy atom. The minimum absolute atomic E-state index is 0.0318. The summed E-state index contributed by atoms with van der Waals surface area (Å²) >= 11 is 0. The topological polar surface area (TPSA) is 81.5 Å². The van der Waals surface area contributed by atoms with Gasteiger partial charge in [-0.25, -0.2) is 4.98 Å². The molecule has 5 heteroatoms. The van der Waals surface area contributed by atoms with Crippen LogP contribution in [0.4, 0.5) is 0 Å². The Hall–Kier alpha value is -1.43. The number of hydrogen-bond acceptors (Lipinski definition) is 5. The van der Waals surface area contributed by atoms with E-state index in [1.807, 2.05) is 25.1 Å².